The van der Waals surface area contributed by atoms with Gasteiger partial charge >= 0.3 is 0 Å². The van der Waals surface area contributed by atoms with E-state index >= 15 is 0 Å². The lowest BCUT2D eigenvalue weighted by molar-refractivity contribution is -0.123. The minimum Gasteiger partial charge on any atom is -0.483 e. The Kier molecular flexibility index (Phi) is 4.29. The number of aromatic amines is 1. The number of hydrogen-bond donors (Lipinski definition) is 2. The summed E-state index contributed by atoms with van der Waals surface area (Å²) in [5, 5.41) is 16.1. The van der Waals surface area contributed by atoms with Gasteiger partial charge in [0.1, 0.15) is 5.75 Å². The molecular weight excluding hydrogens is 258 g/mol. The first-order valence-corrected chi connectivity index (χ1v) is 6.29. The van der Waals surface area contributed by atoms with Crippen molar-refractivity contribution in [2.45, 2.75) is 26.8 Å². The molecule has 1 aromatic carbocycles. The predicted octanol–water partition coefficient (Wildman–Crippen LogP) is 1.07. The summed E-state index contributed by atoms with van der Waals surface area (Å²) in [6.45, 7) is 5.65. The first kappa shape index (κ1) is 14.0. The Morgan fingerprint density at radius 1 is 1.45 bits per heavy atom. The number of carbonyl (C=O) groups excluding carboxylic acids is 1. The summed E-state index contributed by atoms with van der Waals surface area (Å²) in [5.41, 5.74) is 2.08. The highest BCUT2D eigenvalue weighted by Crippen LogP contribution is 2.18. The van der Waals surface area contributed by atoms with Gasteiger partial charge in [0, 0.05) is 0 Å². The molecule has 0 saturated carbocycles. The molecule has 0 bridgehead atoms. The van der Waals surface area contributed by atoms with Crippen LogP contribution in [0.1, 0.15) is 29.9 Å². The molecule has 7 nitrogen and oxygen atoms in total. The van der Waals surface area contributed by atoms with Gasteiger partial charge in [0.05, 0.1) is 6.04 Å². The van der Waals surface area contributed by atoms with Gasteiger partial charge in [-0.25, -0.2) is 0 Å². The molecular formula is C13H17N5O2. The number of tetrazole rings is 1. The summed E-state index contributed by atoms with van der Waals surface area (Å²) in [7, 11) is 0. The molecule has 2 aromatic rings. The summed E-state index contributed by atoms with van der Waals surface area (Å²) < 4.78 is 5.52. The van der Waals surface area contributed by atoms with E-state index in [-0.39, 0.29) is 18.6 Å². The Morgan fingerprint density at radius 2 is 2.25 bits per heavy atom. The summed E-state index contributed by atoms with van der Waals surface area (Å²) in [5.74, 6) is 0.917. The predicted molar refractivity (Wildman–Crippen MR) is 72.1 cm³/mol. The summed E-state index contributed by atoms with van der Waals surface area (Å²) in [6, 6.07) is 5.56. The lowest BCUT2D eigenvalue weighted by Crippen LogP contribution is -2.31. The van der Waals surface area contributed by atoms with Gasteiger partial charge in [-0.3, -0.25) is 4.79 Å². The van der Waals surface area contributed by atoms with E-state index in [0.717, 1.165) is 11.1 Å². The van der Waals surface area contributed by atoms with Gasteiger partial charge in [-0.15, -0.1) is 10.2 Å². The van der Waals surface area contributed by atoms with Gasteiger partial charge in [0.25, 0.3) is 5.91 Å². The fourth-order valence-corrected chi connectivity index (χ4v) is 1.71. The van der Waals surface area contributed by atoms with Crippen molar-refractivity contribution < 1.29 is 9.53 Å². The molecule has 20 heavy (non-hydrogen) atoms. The van der Waals surface area contributed by atoms with Crippen LogP contribution in [0.25, 0.3) is 0 Å². The minimum absolute atomic E-state index is 0.0491. The number of aryl methyl sites for hydroxylation is 2. The molecule has 1 heterocycles. The standard InChI is InChI=1S/C13H17N5O2/c1-8-4-5-9(2)11(6-8)20-7-12(19)14-10(3)13-15-17-18-16-13/h4-6,10H,7H2,1-3H3,(H,14,19)(H,15,16,17,18). The molecule has 0 radical (unpaired) electrons. The number of benzene rings is 1. The molecule has 2 rings (SSSR count). The second-order valence-corrected chi connectivity index (χ2v) is 4.62. The van der Waals surface area contributed by atoms with Crippen LogP contribution in [-0.2, 0) is 4.79 Å². The van der Waals surface area contributed by atoms with Crippen molar-refractivity contribution in [3.8, 4) is 5.75 Å². The maximum atomic E-state index is 11.8. The monoisotopic (exact) mass is 275 g/mol. The third kappa shape index (κ3) is 3.53. The lowest BCUT2D eigenvalue weighted by Gasteiger charge is -2.12. The Bertz CT molecular complexity index is 582. The van der Waals surface area contributed by atoms with E-state index in [1.54, 1.807) is 6.92 Å². The molecule has 1 atom stereocenters. The number of ether oxygens (including phenoxy) is 1. The van der Waals surface area contributed by atoms with Crippen molar-refractivity contribution in [2.75, 3.05) is 6.61 Å². The molecule has 106 valence electrons. The van der Waals surface area contributed by atoms with Crippen LogP contribution in [0.15, 0.2) is 18.2 Å². The van der Waals surface area contributed by atoms with Gasteiger partial charge in [-0.2, -0.15) is 5.21 Å². The van der Waals surface area contributed by atoms with Crippen LogP contribution >= 0.6 is 0 Å². The molecule has 0 aliphatic heterocycles. The van der Waals surface area contributed by atoms with E-state index in [9.17, 15) is 4.79 Å². The normalized spacial score (nSPS) is 11.9. The average Bonchev–Trinajstić information content (AvgIpc) is 2.94. The number of hydrogen-bond acceptors (Lipinski definition) is 5. The van der Waals surface area contributed by atoms with Crippen molar-refractivity contribution in [1.82, 2.24) is 25.9 Å². The van der Waals surface area contributed by atoms with Crippen LogP contribution < -0.4 is 10.1 Å². The molecule has 1 unspecified atom stereocenters. The Morgan fingerprint density at radius 3 is 2.95 bits per heavy atom. The Balaban J connectivity index is 1.87. The zero-order chi connectivity index (χ0) is 14.5. The van der Waals surface area contributed by atoms with Crippen molar-refractivity contribution in [3.05, 3.63) is 35.2 Å². The SMILES string of the molecule is Cc1ccc(C)c(OCC(=O)NC(C)c2nn[nH]n2)c1. The highest BCUT2D eigenvalue weighted by Gasteiger charge is 2.14. The second kappa shape index (κ2) is 6.14. The Hall–Kier alpha value is -2.44. The molecule has 0 saturated heterocycles. The molecule has 1 amide bonds. The zero-order valence-corrected chi connectivity index (χ0v) is 11.7. The van der Waals surface area contributed by atoms with E-state index in [2.05, 4.69) is 25.9 Å². The number of nitrogens with zero attached hydrogens (tertiary/aromatic N) is 3. The Labute approximate surface area is 116 Å². The molecule has 0 spiro atoms. The maximum Gasteiger partial charge on any atom is 0.258 e. The highest BCUT2D eigenvalue weighted by atomic mass is 16.5. The molecule has 0 aliphatic carbocycles. The van der Waals surface area contributed by atoms with Crippen LogP contribution in [0.4, 0.5) is 0 Å². The number of carbonyl (C=O) groups is 1. The molecule has 2 N–H and O–H groups in total. The first-order chi connectivity index (χ1) is 9.56. The fraction of sp³-hybridized carbons (Fsp3) is 0.385. The summed E-state index contributed by atoms with van der Waals surface area (Å²) >= 11 is 0. The fourth-order valence-electron chi connectivity index (χ4n) is 1.71. The van der Waals surface area contributed by atoms with Gasteiger partial charge in [0.2, 0.25) is 0 Å². The van der Waals surface area contributed by atoms with Crippen molar-refractivity contribution in [2.24, 2.45) is 0 Å². The van der Waals surface area contributed by atoms with Crippen LogP contribution in [-0.4, -0.2) is 33.1 Å². The van der Waals surface area contributed by atoms with Crippen LogP contribution in [0.3, 0.4) is 0 Å². The third-order valence-corrected chi connectivity index (χ3v) is 2.83. The maximum absolute atomic E-state index is 11.8. The highest BCUT2D eigenvalue weighted by molar-refractivity contribution is 5.77. The minimum atomic E-state index is -0.316. The largest absolute Gasteiger partial charge is 0.483 e. The van der Waals surface area contributed by atoms with Gasteiger partial charge in [-0.05, 0) is 38.0 Å². The van der Waals surface area contributed by atoms with Crippen molar-refractivity contribution >= 4 is 5.91 Å². The quantitative estimate of drug-likeness (QED) is 0.851. The number of nitrogens with one attached hydrogen (secondary N) is 2. The molecule has 0 aliphatic rings. The van der Waals surface area contributed by atoms with Gasteiger partial charge in [-0.1, -0.05) is 17.3 Å². The molecule has 1 aromatic heterocycles. The van der Waals surface area contributed by atoms with Crippen LogP contribution in [0.5, 0.6) is 5.75 Å². The van der Waals surface area contributed by atoms with Crippen molar-refractivity contribution in [1.29, 1.82) is 0 Å². The van der Waals surface area contributed by atoms with Crippen molar-refractivity contribution in [3.63, 3.8) is 0 Å². The van der Waals surface area contributed by atoms with E-state index in [1.165, 1.54) is 0 Å². The number of aromatic nitrogens is 4. The summed E-state index contributed by atoms with van der Waals surface area (Å²) in [6.07, 6.45) is 0. The van der Waals surface area contributed by atoms with E-state index in [4.69, 9.17) is 4.74 Å². The third-order valence-electron chi connectivity index (χ3n) is 2.83. The zero-order valence-electron chi connectivity index (χ0n) is 11.7. The summed E-state index contributed by atoms with van der Waals surface area (Å²) in [4.78, 5) is 11.8. The first-order valence-electron chi connectivity index (χ1n) is 6.29. The van der Waals surface area contributed by atoms with Gasteiger partial charge < -0.3 is 10.1 Å². The van der Waals surface area contributed by atoms with E-state index < -0.39 is 0 Å². The van der Waals surface area contributed by atoms with Crippen LogP contribution in [0, 0.1) is 13.8 Å². The van der Waals surface area contributed by atoms with Crippen LogP contribution in [0.2, 0.25) is 0 Å². The topological polar surface area (TPSA) is 92.8 Å². The van der Waals surface area contributed by atoms with Gasteiger partial charge in [0.15, 0.2) is 12.4 Å². The average molecular weight is 275 g/mol. The molecule has 7 heteroatoms. The number of rotatable bonds is 5. The number of H-pyrrole nitrogens is 1. The second-order valence-electron chi connectivity index (χ2n) is 4.62. The number of amides is 1. The van der Waals surface area contributed by atoms with E-state index in [0.29, 0.717) is 11.6 Å². The molecule has 0 fully saturated rings. The smallest absolute Gasteiger partial charge is 0.258 e. The lowest BCUT2D eigenvalue weighted by atomic mass is 10.1. The van der Waals surface area contributed by atoms with E-state index in [1.807, 2.05) is 32.0 Å².